The molecule has 11 heteroatoms. The van der Waals surface area contributed by atoms with Crippen molar-refractivity contribution >= 4 is 33.4 Å². The van der Waals surface area contributed by atoms with Crippen LogP contribution in [0.1, 0.15) is 45.1 Å². The highest BCUT2D eigenvalue weighted by Gasteiger charge is 2.48. The Morgan fingerprint density at radius 1 is 1.20 bits per heavy atom. The lowest BCUT2D eigenvalue weighted by atomic mass is 9.92. The summed E-state index contributed by atoms with van der Waals surface area (Å²) in [5, 5.41) is 15.0. The molecule has 1 amide bonds. The summed E-state index contributed by atoms with van der Waals surface area (Å²) in [5.74, 6) is -0.324. The Bertz CT molecular complexity index is 1850. The summed E-state index contributed by atoms with van der Waals surface area (Å²) in [6.07, 6.45) is 5.67. The van der Waals surface area contributed by atoms with E-state index in [2.05, 4.69) is 27.1 Å². The van der Waals surface area contributed by atoms with E-state index in [0.717, 1.165) is 32.4 Å². The molecule has 4 aliphatic heterocycles. The van der Waals surface area contributed by atoms with Gasteiger partial charge in [-0.3, -0.25) is 14.7 Å². The number of phenolic OH excluding ortho intramolecular Hbond substituents is 1. The molecule has 228 valence electrons. The summed E-state index contributed by atoms with van der Waals surface area (Å²) in [7, 11) is 0. The van der Waals surface area contributed by atoms with E-state index >= 15 is 4.39 Å². The fourth-order valence-electron chi connectivity index (χ4n) is 8.27. The fourth-order valence-corrected chi connectivity index (χ4v) is 8.27. The lowest BCUT2D eigenvalue weighted by Crippen LogP contribution is -2.48. The van der Waals surface area contributed by atoms with E-state index in [0.29, 0.717) is 59.5 Å². The first-order valence-corrected chi connectivity index (χ1v) is 15.5. The normalized spacial score (nSPS) is 26.2. The Labute approximate surface area is 253 Å². The molecule has 4 fully saturated rings. The van der Waals surface area contributed by atoms with Crippen molar-refractivity contribution in [1.82, 2.24) is 25.2 Å². The van der Waals surface area contributed by atoms with Crippen molar-refractivity contribution in [3.63, 3.8) is 0 Å². The lowest BCUT2D eigenvalue weighted by Gasteiger charge is -2.32. The van der Waals surface area contributed by atoms with Crippen LogP contribution in [0.25, 0.3) is 32.9 Å². The molecule has 44 heavy (non-hydrogen) atoms. The number of nitrogens with zero attached hydrogens (tertiary/aromatic N) is 5. The Morgan fingerprint density at radius 3 is 2.86 bits per heavy atom. The van der Waals surface area contributed by atoms with Crippen LogP contribution in [-0.4, -0.2) is 74.7 Å². The van der Waals surface area contributed by atoms with E-state index < -0.39 is 17.7 Å². The quantitative estimate of drug-likeness (QED) is 0.328. The highest BCUT2D eigenvalue weighted by molar-refractivity contribution is 6.02. The third-order valence-corrected chi connectivity index (χ3v) is 10.1. The van der Waals surface area contributed by atoms with E-state index in [4.69, 9.17) is 9.72 Å². The molecule has 8 rings (SSSR count). The molecule has 2 aromatic heterocycles. The van der Waals surface area contributed by atoms with Gasteiger partial charge in [-0.15, -0.1) is 0 Å². The summed E-state index contributed by atoms with van der Waals surface area (Å²) in [6.45, 7) is 7.08. The molecule has 4 aromatic rings. The minimum absolute atomic E-state index is 0.00435. The number of aryl methyl sites for hydroxylation is 1. The number of ether oxygens (including phenoxy) is 1. The van der Waals surface area contributed by atoms with E-state index in [9.17, 15) is 14.3 Å². The number of fused-ring (bicyclic) bond motifs is 5. The number of phenols is 1. The number of hydrogen-bond donors (Lipinski definition) is 2. The van der Waals surface area contributed by atoms with Gasteiger partial charge in [0.1, 0.15) is 41.2 Å². The van der Waals surface area contributed by atoms with Crippen LogP contribution in [0, 0.1) is 17.6 Å². The van der Waals surface area contributed by atoms with Crippen LogP contribution < -0.4 is 15.0 Å². The van der Waals surface area contributed by atoms with Crippen LogP contribution in [0.2, 0.25) is 0 Å². The molecular weight excluding hydrogens is 566 g/mol. The van der Waals surface area contributed by atoms with Crippen LogP contribution in [0.5, 0.6) is 11.8 Å². The van der Waals surface area contributed by atoms with Gasteiger partial charge in [0.25, 0.3) is 0 Å². The Hall–Kier alpha value is -4.12. The molecule has 0 spiro atoms. The third-order valence-electron chi connectivity index (χ3n) is 10.1. The zero-order valence-corrected chi connectivity index (χ0v) is 24.7. The van der Waals surface area contributed by atoms with E-state index in [-0.39, 0.29) is 46.0 Å². The molecule has 0 saturated carbocycles. The average Bonchev–Trinajstić information content (AvgIpc) is 3.75. The monoisotopic (exact) mass is 600 g/mol. The maximum atomic E-state index is 16.8. The van der Waals surface area contributed by atoms with Gasteiger partial charge in [-0.2, -0.15) is 9.97 Å². The summed E-state index contributed by atoms with van der Waals surface area (Å²) in [6, 6.07) is 5.50. The number of aromatic nitrogens is 3. The molecule has 0 unspecified atom stereocenters. The van der Waals surface area contributed by atoms with Gasteiger partial charge >= 0.3 is 6.01 Å². The summed E-state index contributed by atoms with van der Waals surface area (Å²) >= 11 is 0. The summed E-state index contributed by atoms with van der Waals surface area (Å²) < 4.78 is 38.0. The molecule has 2 bridgehead atoms. The highest BCUT2D eigenvalue weighted by atomic mass is 19.1. The van der Waals surface area contributed by atoms with Crippen LogP contribution in [-0.2, 0) is 11.2 Å². The maximum Gasteiger partial charge on any atom is 0.319 e. The SMILES string of the molecule is CCc1c(F)ccc2cc(O)cc(-c3ncc4c(N5C[C@H]6C[C@@H]5C(=O)N6)nc(OC[C@@]56CCCN5C[C@H](C)C6)nc4c3F)c12. The molecule has 0 radical (unpaired) electrons. The predicted molar refractivity (Wildman–Crippen MR) is 162 cm³/mol. The summed E-state index contributed by atoms with van der Waals surface area (Å²) in [4.78, 5) is 30.9. The summed E-state index contributed by atoms with van der Waals surface area (Å²) in [5.41, 5.74) is 0.549. The number of halogens is 2. The maximum absolute atomic E-state index is 16.8. The van der Waals surface area contributed by atoms with Crippen molar-refractivity contribution in [2.24, 2.45) is 5.92 Å². The molecule has 2 aromatic carbocycles. The average molecular weight is 601 g/mol. The number of pyridine rings is 1. The lowest BCUT2D eigenvalue weighted by molar-refractivity contribution is -0.121. The Kier molecular flexibility index (Phi) is 6.20. The van der Waals surface area contributed by atoms with Crippen LogP contribution >= 0.6 is 0 Å². The fraction of sp³-hybridized carbons (Fsp3) is 0.455. The number of anilines is 1. The first kappa shape index (κ1) is 27.4. The first-order valence-electron chi connectivity index (χ1n) is 15.5. The number of hydrogen-bond acceptors (Lipinski definition) is 8. The van der Waals surface area contributed by atoms with Crippen molar-refractivity contribution in [3.05, 3.63) is 47.7 Å². The van der Waals surface area contributed by atoms with Crippen molar-refractivity contribution in [3.8, 4) is 23.0 Å². The minimum Gasteiger partial charge on any atom is -0.508 e. The number of piperazine rings is 1. The first-order chi connectivity index (χ1) is 21.2. The number of aromatic hydroxyl groups is 1. The van der Waals surface area contributed by atoms with E-state index in [1.807, 2.05) is 11.8 Å². The van der Waals surface area contributed by atoms with Gasteiger partial charge in [0.15, 0.2) is 5.82 Å². The van der Waals surface area contributed by atoms with Gasteiger partial charge < -0.3 is 20.1 Å². The van der Waals surface area contributed by atoms with Crippen molar-refractivity contribution < 1.29 is 23.4 Å². The zero-order chi connectivity index (χ0) is 30.3. The van der Waals surface area contributed by atoms with Crippen molar-refractivity contribution in [2.45, 2.75) is 63.6 Å². The zero-order valence-electron chi connectivity index (χ0n) is 24.7. The number of nitrogens with one attached hydrogen (secondary N) is 1. The number of benzene rings is 2. The van der Waals surface area contributed by atoms with Crippen LogP contribution in [0.15, 0.2) is 30.5 Å². The smallest absolute Gasteiger partial charge is 0.319 e. The number of carbonyl (C=O) groups is 1. The van der Waals surface area contributed by atoms with Crippen LogP contribution in [0.4, 0.5) is 14.6 Å². The number of rotatable bonds is 6. The van der Waals surface area contributed by atoms with Crippen molar-refractivity contribution in [2.75, 3.05) is 31.1 Å². The van der Waals surface area contributed by atoms with Gasteiger partial charge in [-0.1, -0.05) is 19.9 Å². The standard InChI is InChI=1S/C33H34F2N6O3/c1-3-21-24(34)6-5-18-9-20(42)11-22(26(18)21)28-27(35)29-23(13-36-28)30(41-15-19-10-25(41)31(43)37-19)39-32(38-29)44-16-33-7-4-8-40(33)14-17(2)12-33/h5-6,9,11,13,17,19,25,42H,3-4,7-8,10,12,14-16H2,1-2H3,(H,37,43)/t17-,19-,25-,33+/m1/s1. The van der Waals surface area contributed by atoms with Crippen molar-refractivity contribution in [1.29, 1.82) is 0 Å². The highest BCUT2D eigenvalue weighted by Crippen LogP contribution is 2.43. The number of amides is 1. The second-order valence-electron chi connectivity index (χ2n) is 13.0. The molecule has 0 aliphatic carbocycles. The predicted octanol–water partition coefficient (Wildman–Crippen LogP) is 4.72. The van der Waals surface area contributed by atoms with Gasteiger partial charge in [0, 0.05) is 30.9 Å². The largest absolute Gasteiger partial charge is 0.508 e. The third kappa shape index (κ3) is 4.12. The van der Waals surface area contributed by atoms with Gasteiger partial charge in [0.05, 0.1) is 10.9 Å². The van der Waals surface area contributed by atoms with Gasteiger partial charge in [-0.05, 0) is 79.1 Å². The minimum atomic E-state index is -0.724. The molecule has 4 aliphatic rings. The molecule has 9 nitrogen and oxygen atoms in total. The van der Waals surface area contributed by atoms with E-state index in [1.165, 1.54) is 24.4 Å². The molecule has 4 atom stereocenters. The number of carbonyl (C=O) groups excluding carboxylic acids is 1. The molecular formula is C33H34F2N6O3. The second-order valence-corrected chi connectivity index (χ2v) is 13.0. The molecule has 6 heterocycles. The van der Waals surface area contributed by atoms with Gasteiger partial charge in [0.2, 0.25) is 5.91 Å². The molecule has 2 N–H and O–H groups in total. The Balaban J connectivity index is 1.29. The van der Waals surface area contributed by atoms with E-state index in [1.54, 1.807) is 6.07 Å². The van der Waals surface area contributed by atoms with Gasteiger partial charge in [-0.25, -0.2) is 8.78 Å². The second kappa shape index (κ2) is 9.95. The van der Waals surface area contributed by atoms with Crippen LogP contribution in [0.3, 0.4) is 0 Å². The molecule has 4 saturated heterocycles. The Morgan fingerprint density at radius 2 is 2.07 bits per heavy atom. The topological polar surface area (TPSA) is 104 Å².